The minimum absolute atomic E-state index is 0.204. The van der Waals surface area contributed by atoms with E-state index in [0.717, 1.165) is 13.0 Å². The van der Waals surface area contributed by atoms with Gasteiger partial charge in [-0.1, -0.05) is 6.92 Å². The Morgan fingerprint density at radius 1 is 1.21 bits per heavy atom. The SMILES string of the molecule is CCCNc1cc(NC(C)(C)C(C)(C)O)nc(N)n1. The van der Waals surface area contributed by atoms with E-state index in [1.807, 2.05) is 13.8 Å². The molecule has 0 radical (unpaired) electrons. The number of nitrogens with one attached hydrogen (secondary N) is 2. The van der Waals surface area contributed by atoms with Crippen LogP contribution in [-0.2, 0) is 0 Å². The van der Waals surface area contributed by atoms with E-state index >= 15 is 0 Å². The summed E-state index contributed by atoms with van der Waals surface area (Å²) in [5, 5.41) is 16.5. The van der Waals surface area contributed by atoms with Gasteiger partial charge in [0.25, 0.3) is 0 Å². The van der Waals surface area contributed by atoms with Crippen LogP contribution in [0.1, 0.15) is 41.0 Å². The Kier molecular flexibility index (Phi) is 4.57. The first-order valence-corrected chi connectivity index (χ1v) is 6.54. The predicted octanol–water partition coefficient (Wildman–Crippen LogP) is 1.84. The first-order chi connectivity index (χ1) is 8.65. The van der Waals surface area contributed by atoms with E-state index < -0.39 is 11.1 Å². The van der Waals surface area contributed by atoms with Gasteiger partial charge >= 0.3 is 0 Å². The number of nitrogen functional groups attached to an aromatic ring is 1. The maximum atomic E-state index is 10.1. The van der Waals surface area contributed by atoms with Crippen molar-refractivity contribution in [2.75, 3.05) is 22.9 Å². The Morgan fingerprint density at radius 3 is 2.32 bits per heavy atom. The van der Waals surface area contributed by atoms with Crippen LogP contribution in [-0.4, -0.2) is 32.8 Å². The fraction of sp³-hybridized carbons (Fsp3) is 0.692. The van der Waals surface area contributed by atoms with Crippen molar-refractivity contribution in [1.29, 1.82) is 0 Å². The zero-order chi connectivity index (χ0) is 14.7. The van der Waals surface area contributed by atoms with E-state index in [9.17, 15) is 5.11 Å². The highest BCUT2D eigenvalue weighted by Crippen LogP contribution is 2.26. The summed E-state index contributed by atoms with van der Waals surface area (Å²) in [6.07, 6.45) is 1.00. The van der Waals surface area contributed by atoms with Crippen LogP contribution in [0.3, 0.4) is 0 Å². The fourth-order valence-corrected chi connectivity index (χ4v) is 1.35. The van der Waals surface area contributed by atoms with Gasteiger partial charge in [-0.25, -0.2) is 0 Å². The number of rotatable bonds is 6. The summed E-state index contributed by atoms with van der Waals surface area (Å²) in [4.78, 5) is 8.26. The van der Waals surface area contributed by atoms with Crippen molar-refractivity contribution in [3.05, 3.63) is 6.07 Å². The molecule has 6 nitrogen and oxygen atoms in total. The van der Waals surface area contributed by atoms with Gasteiger partial charge < -0.3 is 21.5 Å². The first-order valence-electron chi connectivity index (χ1n) is 6.54. The second-order valence-corrected chi connectivity index (χ2v) is 5.73. The molecule has 0 spiro atoms. The molecule has 0 bridgehead atoms. The fourth-order valence-electron chi connectivity index (χ4n) is 1.35. The largest absolute Gasteiger partial charge is 0.388 e. The third-order valence-corrected chi connectivity index (χ3v) is 3.27. The molecule has 0 atom stereocenters. The summed E-state index contributed by atoms with van der Waals surface area (Å²) in [5.41, 5.74) is 4.25. The van der Waals surface area contributed by atoms with Crippen LogP contribution in [0.4, 0.5) is 17.6 Å². The Morgan fingerprint density at radius 2 is 1.79 bits per heavy atom. The Balaban J connectivity index is 2.92. The van der Waals surface area contributed by atoms with Gasteiger partial charge in [0, 0.05) is 12.6 Å². The van der Waals surface area contributed by atoms with Crippen LogP contribution in [0.5, 0.6) is 0 Å². The monoisotopic (exact) mass is 267 g/mol. The molecular formula is C13H25N5O. The molecule has 5 N–H and O–H groups in total. The Hall–Kier alpha value is -1.56. The molecule has 6 heteroatoms. The maximum Gasteiger partial charge on any atom is 0.223 e. The van der Waals surface area contributed by atoms with Crippen LogP contribution >= 0.6 is 0 Å². The molecule has 108 valence electrons. The molecule has 0 saturated heterocycles. The minimum Gasteiger partial charge on any atom is -0.388 e. The van der Waals surface area contributed by atoms with Crippen molar-refractivity contribution in [3.63, 3.8) is 0 Å². The van der Waals surface area contributed by atoms with Crippen LogP contribution in [0, 0.1) is 0 Å². The van der Waals surface area contributed by atoms with Gasteiger partial charge in [-0.05, 0) is 34.1 Å². The van der Waals surface area contributed by atoms with Gasteiger partial charge in [0.2, 0.25) is 5.95 Å². The summed E-state index contributed by atoms with van der Waals surface area (Å²) in [6, 6.07) is 1.79. The molecule has 0 aliphatic heterocycles. The van der Waals surface area contributed by atoms with Crippen molar-refractivity contribution in [2.45, 2.75) is 52.2 Å². The topological polar surface area (TPSA) is 96.1 Å². The smallest absolute Gasteiger partial charge is 0.223 e. The van der Waals surface area contributed by atoms with Crippen molar-refractivity contribution in [3.8, 4) is 0 Å². The molecular weight excluding hydrogens is 242 g/mol. The summed E-state index contributed by atoms with van der Waals surface area (Å²) >= 11 is 0. The molecule has 1 aromatic rings. The van der Waals surface area contributed by atoms with Gasteiger partial charge in [-0.3, -0.25) is 0 Å². The molecule has 1 aromatic heterocycles. The first kappa shape index (κ1) is 15.5. The second kappa shape index (κ2) is 5.61. The summed E-state index contributed by atoms with van der Waals surface area (Å²) in [7, 11) is 0. The average Bonchev–Trinajstić information content (AvgIpc) is 2.23. The molecule has 1 rings (SSSR count). The summed E-state index contributed by atoms with van der Waals surface area (Å²) in [6.45, 7) is 10.2. The second-order valence-electron chi connectivity index (χ2n) is 5.73. The minimum atomic E-state index is -0.899. The number of nitrogens with zero attached hydrogens (tertiary/aromatic N) is 2. The van der Waals surface area contributed by atoms with E-state index in [1.54, 1.807) is 19.9 Å². The number of hydrogen-bond donors (Lipinski definition) is 4. The van der Waals surface area contributed by atoms with Crippen molar-refractivity contribution in [2.24, 2.45) is 0 Å². The molecule has 19 heavy (non-hydrogen) atoms. The molecule has 0 aromatic carbocycles. The van der Waals surface area contributed by atoms with Gasteiger partial charge in [0.15, 0.2) is 0 Å². The zero-order valence-corrected chi connectivity index (χ0v) is 12.4. The lowest BCUT2D eigenvalue weighted by molar-refractivity contribution is 0.0239. The lowest BCUT2D eigenvalue weighted by Gasteiger charge is -2.38. The van der Waals surface area contributed by atoms with E-state index in [1.165, 1.54) is 0 Å². The summed E-state index contributed by atoms with van der Waals surface area (Å²) < 4.78 is 0. The summed E-state index contributed by atoms with van der Waals surface area (Å²) in [5.74, 6) is 1.48. The number of nitrogens with two attached hydrogens (primary N) is 1. The molecule has 0 saturated carbocycles. The van der Waals surface area contributed by atoms with Crippen molar-refractivity contribution >= 4 is 17.6 Å². The lowest BCUT2D eigenvalue weighted by atomic mass is 9.86. The third-order valence-electron chi connectivity index (χ3n) is 3.27. The van der Waals surface area contributed by atoms with Gasteiger partial charge in [0.1, 0.15) is 11.6 Å². The normalized spacial score (nSPS) is 12.3. The van der Waals surface area contributed by atoms with Crippen molar-refractivity contribution in [1.82, 2.24) is 9.97 Å². The highest BCUT2D eigenvalue weighted by Gasteiger charge is 2.35. The van der Waals surface area contributed by atoms with E-state index in [4.69, 9.17) is 5.73 Å². The quantitative estimate of drug-likeness (QED) is 0.628. The average molecular weight is 267 g/mol. The zero-order valence-electron chi connectivity index (χ0n) is 12.4. The number of aliphatic hydroxyl groups is 1. The molecule has 1 heterocycles. The molecule has 0 aliphatic carbocycles. The number of hydrogen-bond acceptors (Lipinski definition) is 6. The lowest BCUT2D eigenvalue weighted by Crippen LogP contribution is -2.51. The highest BCUT2D eigenvalue weighted by atomic mass is 16.3. The predicted molar refractivity (Wildman–Crippen MR) is 79.2 cm³/mol. The van der Waals surface area contributed by atoms with Crippen molar-refractivity contribution < 1.29 is 5.11 Å². The van der Waals surface area contributed by atoms with Crippen LogP contribution in [0.25, 0.3) is 0 Å². The van der Waals surface area contributed by atoms with E-state index in [-0.39, 0.29) is 5.95 Å². The third kappa shape index (κ3) is 4.24. The van der Waals surface area contributed by atoms with Crippen LogP contribution in [0.2, 0.25) is 0 Å². The number of anilines is 3. The number of aromatic nitrogens is 2. The Bertz CT molecular complexity index is 426. The molecule has 0 unspecified atom stereocenters. The van der Waals surface area contributed by atoms with Gasteiger partial charge in [-0.2, -0.15) is 9.97 Å². The van der Waals surface area contributed by atoms with Gasteiger partial charge in [-0.15, -0.1) is 0 Å². The van der Waals surface area contributed by atoms with E-state index in [0.29, 0.717) is 11.6 Å². The van der Waals surface area contributed by atoms with Crippen LogP contribution < -0.4 is 16.4 Å². The maximum absolute atomic E-state index is 10.1. The van der Waals surface area contributed by atoms with Crippen LogP contribution in [0.15, 0.2) is 6.07 Å². The van der Waals surface area contributed by atoms with E-state index in [2.05, 4.69) is 27.5 Å². The highest BCUT2D eigenvalue weighted by molar-refractivity contribution is 5.52. The van der Waals surface area contributed by atoms with Gasteiger partial charge in [0.05, 0.1) is 11.1 Å². The standard InChI is InChI=1S/C13H25N5O/c1-6-7-15-9-8-10(17-11(14)16-9)18-12(2,3)13(4,5)19/h8,19H,6-7H2,1-5H3,(H4,14,15,16,17,18). The Labute approximate surface area is 114 Å². The molecule has 0 aliphatic rings. The molecule has 0 fully saturated rings. The molecule has 0 amide bonds.